The van der Waals surface area contributed by atoms with Crippen LogP contribution in [0, 0.1) is 17.8 Å². The highest BCUT2D eigenvalue weighted by Gasteiger charge is 2.40. The third-order valence-corrected chi connectivity index (χ3v) is 7.42. The summed E-state index contributed by atoms with van der Waals surface area (Å²) in [5.41, 5.74) is 8.83. The predicted octanol–water partition coefficient (Wildman–Crippen LogP) is 1.25. The Morgan fingerprint density at radius 2 is 1.93 bits per heavy atom. The third-order valence-electron chi connectivity index (χ3n) is 7.42. The van der Waals surface area contributed by atoms with Gasteiger partial charge >= 0.3 is 0 Å². The maximum atomic E-state index is 13.0. The van der Waals surface area contributed by atoms with Gasteiger partial charge in [-0.15, -0.1) is 0 Å². The van der Waals surface area contributed by atoms with Gasteiger partial charge in [0.05, 0.1) is 0 Å². The first kappa shape index (κ1) is 19.7. The van der Waals surface area contributed by atoms with E-state index in [1.165, 1.54) is 12.8 Å². The molecule has 1 aromatic carbocycles. The number of rotatable bonds is 5. The van der Waals surface area contributed by atoms with Crippen LogP contribution in [-0.4, -0.2) is 53.2 Å². The number of nitrogens with two attached hydrogens (primary N) is 1. The van der Waals surface area contributed by atoms with E-state index in [-0.39, 0.29) is 24.1 Å². The molecule has 4 aliphatic rings. The van der Waals surface area contributed by atoms with Crippen LogP contribution in [0.15, 0.2) is 18.2 Å². The molecule has 160 valence electrons. The summed E-state index contributed by atoms with van der Waals surface area (Å²) in [5, 5.41) is 2.36. The van der Waals surface area contributed by atoms with E-state index in [1.807, 2.05) is 12.1 Å². The summed E-state index contributed by atoms with van der Waals surface area (Å²) in [6.07, 6.45) is 4.53. The number of piperidine rings is 2. The van der Waals surface area contributed by atoms with Crippen molar-refractivity contribution in [1.29, 1.82) is 0 Å². The van der Waals surface area contributed by atoms with Crippen LogP contribution < -0.4 is 11.1 Å². The molecule has 0 bridgehead atoms. The van der Waals surface area contributed by atoms with Crippen LogP contribution >= 0.6 is 0 Å². The van der Waals surface area contributed by atoms with Gasteiger partial charge in [-0.3, -0.25) is 24.6 Å². The van der Waals surface area contributed by atoms with E-state index in [9.17, 15) is 14.4 Å². The molecule has 1 aromatic rings. The normalized spacial score (nSPS) is 29.8. The molecule has 0 spiro atoms. The lowest BCUT2D eigenvalue weighted by Gasteiger charge is -2.38. The molecule has 2 saturated heterocycles. The Morgan fingerprint density at radius 1 is 1.10 bits per heavy atom. The topological polar surface area (TPSA) is 95.7 Å². The number of nitrogens with one attached hydrogen (secondary N) is 1. The van der Waals surface area contributed by atoms with Gasteiger partial charge in [-0.05, 0) is 73.7 Å². The first-order valence-electron chi connectivity index (χ1n) is 11.2. The molecule has 3 atom stereocenters. The number of nitrogens with zero attached hydrogens (tertiary/aromatic N) is 2. The van der Waals surface area contributed by atoms with E-state index >= 15 is 0 Å². The Labute approximate surface area is 177 Å². The SMILES string of the molecule is NC[C@@H]1CCN(Cc2ccc3c(c2)C(=O)N(C2CCC(=O)NC2=O)C3)C[C@@H]1C1CC1. The van der Waals surface area contributed by atoms with E-state index < -0.39 is 6.04 Å². The number of benzene rings is 1. The molecule has 1 saturated carbocycles. The molecule has 5 rings (SSSR count). The maximum Gasteiger partial charge on any atom is 0.255 e. The fraction of sp³-hybridized carbons (Fsp3) is 0.609. The summed E-state index contributed by atoms with van der Waals surface area (Å²) in [7, 11) is 0. The average molecular weight is 411 g/mol. The number of carbonyl (C=O) groups excluding carboxylic acids is 3. The zero-order valence-corrected chi connectivity index (χ0v) is 17.3. The summed E-state index contributed by atoms with van der Waals surface area (Å²) in [4.78, 5) is 40.8. The lowest BCUT2D eigenvalue weighted by atomic mass is 9.82. The summed E-state index contributed by atoms with van der Waals surface area (Å²) >= 11 is 0. The largest absolute Gasteiger partial charge is 0.330 e. The van der Waals surface area contributed by atoms with Gasteiger partial charge in [-0.25, -0.2) is 0 Å². The number of likely N-dealkylation sites (tertiary alicyclic amines) is 1. The molecule has 30 heavy (non-hydrogen) atoms. The van der Waals surface area contributed by atoms with Gasteiger partial charge in [0.1, 0.15) is 6.04 Å². The summed E-state index contributed by atoms with van der Waals surface area (Å²) in [6.45, 7) is 4.23. The Kier molecular flexibility index (Phi) is 5.11. The predicted molar refractivity (Wildman–Crippen MR) is 111 cm³/mol. The average Bonchev–Trinajstić information content (AvgIpc) is 3.53. The molecule has 0 radical (unpaired) electrons. The van der Waals surface area contributed by atoms with E-state index in [0.29, 0.717) is 30.4 Å². The molecule has 3 fully saturated rings. The smallest absolute Gasteiger partial charge is 0.255 e. The van der Waals surface area contributed by atoms with Crippen LogP contribution in [0.4, 0.5) is 0 Å². The Bertz CT molecular complexity index is 881. The van der Waals surface area contributed by atoms with Crippen LogP contribution in [0.1, 0.15) is 53.6 Å². The highest BCUT2D eigenvalue weighted by Crippen LogP contribution is 2.43. The molecule has 7 nitrogen and oxygen atoms in total. The first-order chi connectivity index (χ1) is 14.5. The summed E-state index contributed by atoms with van der Waals surface area (Å²) in [6, 6.07) is 5.59. The standard InChI is InChI=1S/C23H30N4O3/c24-10-16-7-8-26(13-19(16)15-3-4-15)11-14-1-2-17-12-27(23(30)18(17)9-14)20-5-6-21(28)25-22(20)29/h1-2,9,15-16,19-20H,3-8,10-13,24H2,(H,25,28,29)/t16-,19+,20?/m0/s1. The molecular formula is C23H30N4O3. The van der Waals surface area contributed by atoms with Crippen LogP contribution in [0.25, 0.3) is 0 Å². The number of imide groups is 1. The molecule has 7 heteroatoms. The maximum absolute atomic E-state index is 13.0. The van der Waals surface area contributed by atoms with Crippen molar-refractivity contribution in [1.82, 2.24) is 15.1 Å². The van der Waals surface area contributed by atoms with Crippen LogP contribution in [-0.2, 0) is 22.7 Å². The van der Waals surface area contributed by atoms with Crippen molar-refractivity contribution in [3.05, 3.63) is 34.9 Å². The second-order valence-corrected chi connectivity index (χ2v) is 9.41. The van der Waals surface area contributed by atoms with Crippen molar-refractivity contribution in [3.63, 3.8) is 0 Å². The number of hydrogen-bond donors (Lipinski definition) is 2. The zero-order valence-electron chi connectivity index (χ0n) is 17.3. The van der Waals surface area contributed by atoms with Crippen molar-refractivity contribution in [2.45, 2.75) is 51.2 Å². The minimum absolute atomic E-state index is 0.0981. The van der Waals surface area contributed by atoms with E-state index in [1.54, 1.807) is 4.90 Å². The van der Waals surface area contributed by atoms with Crippen molar-refractivity contribution in [3.8, 4) is 0 Å². The van der Waals surface area contributed by atoms with Gasteiger partial charge < -0.3 is 10.6 Å². The van der Waals surface area contributed by atoms with E-state index in [4.69, 9.17) is 5.73 Å². The second kappa shape index (κ2) is 7.78. The zero-order chi connectivity index (χ0) is 20.8. The van der Waals surface area contributed by atoms with Gasteiger partial charge in [0.15, 0.2) is 0 Å². The van der Waals surface area contributed by atoms with Gasteiger partial charge in [0, 0.05) is 31.6 Å². The molecule has 3 amide bonds. The van der Waals surface area contributed by atoms with Gasteiger partial charge in [-0.2, -0.15) is 0 Å². The minimum Gasteiger partial charge on any atom is -0.330 e. The molecule has 3 N–H and O–H groups in total. The summed E-state index contributed by atoms with van der Waals surface area (Å²) < 4.78 is 0. The Morgan fingerprint density at radius 3 is 2.67 bits per heavy atom. The van der Waals surface area contributed by atoms with Crippen LogP contribution in [0.2, 0.25) is 0 Å². The van der Waals surface area contributed by atoms with Gasteiger partial charge in [0.2, 0.25) is 11.8 Å². The fourth-order valence-corrected chi connectivity index (χ4v) is 5.55. The Hall–Kier alpha value is -2.25. The quantitative estimate of drug-likeness (QED) is 0.713. The van der Waals surface area contributed by atoms with E-state index in [2.05, 4.69) is 16.3 Å². The summed E-state index contributed by atoms with van der Waals surface area (Å²) in [5.74, 6) is 1.50. The first-order valence-corrected chi connectivity index (χ1v) is 11.2. The minimum atomic E-state index is -0.555. The van der Waals surface area contributed by atoms with Gasteiger partial charge in [-0.1, -0.05) is 12.1 Å². The lowest BCUT2D eigenvalue weighted by Crippen LogP contribution is -2.52. The number of fused-ring (bicyclic) bond motifs is 1. The number of carbonyl (C=O) groups is 3. The van der Waals surface area contributed by atoms with Crippen molar-refractivity contribution in [2.75, 3.05) is 19.6 Å². The number of amides is 3. The van der Waals surface area contributed by atoms with Crippen molar-refractivity contribution < 1.29 is 14.4 Å². The van der Waals surface area contributed by atoms with Crippen LogP contribution in [0.3, 0.4) is 0 Å². The molecule has 1 aliphatic carbocycles. The van der Waals surface area contributed by atoms with Crippen molar-refractivity contribution in [2.24, 2.45) is 23.5 Å². The van der Waals surface area contributed by atoms with Crippen LogP contribution in [0.5, 0.6) is 0 Å². The second-order valence-electron chi connectivity index (χ2n) is 9.41. The van der Waals surface area contributed by atoms with Crippen molar-refractivity contribution >= 4 is 17.7 Å². The molecule has 0 aromatic heterocycles. The Balaban J connectivity index is 1.27. The number of hydrogen-bond acceptors (Lipinski definition) is 5. The highest BCUT2D eigenvalue weighted by atomic mass is 16.2. The molecule has 1 unspecified atom stereocenters. The van der Waals surface area contributed by atoms with Gasteiger partial charge in [0.25, 0.3) is 5.91 Å². The third kappa shape index (κ3) is 3.65. The highest BCUT2D eigenvalue weighted by molar-refractivity contribution is 6.05. The molecular weight excluding hydrogens is 380 g/mol. The monoisotopic (exact) mass is 410 g/mol. The fourth-order valence-electron chi connectivity index (χ4n) is 5.55. The molecule has 3 heterocycles. The molecule has 3 aliphatic heterocycles. The van der Waals surface area contributed by atoms with E-state index in [0.717, 1.165) is 49.6 Å². The lowest BCUT2D eigenvalue weighted by molar-refractivity contribution is -0.136.